The van der Waals surface area contributed by atoms with Gasteiger partial charge in [0.15, 0.2) is 0 Å². The van der Waals surface area contributed by atoms with E-state index in [-0.39, 0.29) is 0 Å². The molecule has 0 bridgehead atoms. The summed E-state index contributed by atoms with van der Waals surface area (Å²) in [5, 5.41) is 0. The molecule has 0 aliphatic rings. The summed E-state index contributed by atoms with van der Waals surface area (Å²) in [5.41, 5.74) is 6.97. The third kappa shape index (κ3) is 3.84. The molecule has 20 heavy (non-hydrogen) atoms. The van der Waals surface area contributed by atoms with E-state index < -0.39 is 0 Å². The minimum Gasteiger partial charge on any atom is -0.457 e. The van der Waals surface area contributed by atoms with Gasteiger partial charge in [0.1, 0.15) is 11.5 Å². The molecule has 0 radical (unpaired) electrons. The minimum absolute atomic E-state index is 0.518. The first-order chi connectivity index (χ1) is 9.70. The van der Waals surface area contributed by atoms with Crippen molar-refractivity contribution in [2.45, 2.75) is 26.2 Å². The van der Waals surface area contributed by atoms with Gasteiger partial charge in [-0.2, -0.15) is 0 Å². The van der Waals surface area contributed by atoms with Crippen LogP contribution in [0.1, 0.15) is 31.7 Å². The second-order valence-electron chi connectivity index (χ2n) is 5.33. The van der Waals surface area contributed by atoms with Gasteiger partial charge in [0.05, 0.1) is 0 Å². The van der Waals surface area contributed by atoms with E-state index in [1.54, 1.807) is 0 Å². The highest BCUT2D eigenvalue weighted by molar-refractivity contribution is 5.34. The van der Waals surface area contributed by atoms with Crippen LogP contribution in [0.15, 0.2) is 54.6 Å². The fourth-order valence-electron chi connectivity index (χ4n) is 2.31. The van der Waals surface area contributed by atoms with E-state index in [4.69, 9.17) is 10.5 Å². The Kier molecular flexibility index (Phi) is 5.19. The molecule has 106 valence electrons. The fraction of sp³-hybridized carbons (Fsp3) is 0.333. The van der Waals surface area contributed by atoms with Gasteiger partial charge in [-0.05, 0) is 54.6 Å². The molecule has 0 fully saturated rings. The van der Waals surface area contributed by atoms with Crippen LogP contribution in [0.5, 0.6) is 11.5 Å². The van der Waals surface area contributed by atoms with Crippen molar-refractivity contribution in [3.05, 3.63) is 60.2 Å². The Labute approximate surface area is 121 Å². The molecular weight excluding hydrogens is 246 g/mol. The minimum atomic E-state index is 0.518. The average Bonchev–Trinajstić information content (AvgIpc) is 2.48. The maximum Gasteiger partial charge on any atom is 0.127 e. The summed E-state index contributed by atoms with van der Waals surface area (Å²) >= 11 is 0. The fourth-order valence-corrected chi connectivity index (χ4v) is 2.31. The molecule has 0 heterocycles. The number of hydrogen-bond acceptors (Lipinski definition) is 2. The van der Waals surface area contributed by atoms with E-state index in [0.29, 0.717) is 11.8 Å². The second-order valence-corrected chi connectivity index (χ2v) is 5.33. The number of nitrogens with two attached hydrogens (primary N) is 1. The maximum absolute atomic E-state index is 5.80. The molecule has 0 aliphatic carbocycles. The SMILES string of the molecule is CC(CCN)C(C)c1ccc(Oc2ccccc2)cc1. The molecule has 0 saturated carbocycles. The topological polar surface area (TPSA) is 35.2 Å². The van der Waals surface area contributed by atoms with Gasteiger partial charge < -0.3 is 10.5 Å². The predicted molar refractivity (Wildman–Crippen MR) is 84.2 cm³/mol. The summed E-state index contributed by atoms with van der Waals surface area (Å²) in [5.74, 6) is 2.86. The molecule has 2 N–H and O–H groups in total. The summed E-state index contributed by atoms with van der Waals surface area (Å²) in [7, 11) is 0. The lowest BCUT2D eigenvalue weighted by atomic mass is 9.87. The summed E-state index contributed by atoms with van der Waals surface area (Å²) in [6.45, 7) is 5.26. The number of para-hydroxylation sites is 1. The van der Waals surface area contributed by atoms with E-state index >= 15 is 0 Å². The van der Waals surface area contributed by atoms with Crippen molar-refractivity contribution in [2.24, 2.45) is 11.7 Å². The smallest absolute Gasteiger partial charge is 0.127 e. The molecule has 0 amide bonds. The van der Waals surface area contributed by atoms with Crippen LogP contribution in [-0.4, -0.2) is 6.54 Å². The first-order valence-electron chi connectivity index (χ1n) is 7.23. The lowest BCUT2D eigenvalue weighted by molar-refractivity contribution is 0.457. The van der Waals surface area contributed by atoms with E-state index in [1.165, 1.54) is 5.56 Å². The molecule has 0 spiro atoms. The zero-order valence-corrected chi connectivity index (χ0v) is 12.3. The molecular formula is C18H23NO. The maximum atomic E-state index is 5.80. The Bertz CT molecular complexity index is 507. The normalized spacial score (nSPS) is 13.8. The van der Waals surface area contributed by atoms with E-state index in [2.05, 4.69) is 26.0 Å². The molecule has 2 rings (SSSR count). The standard InChI is InChI=1S/C18H23NO/c1-14(12-13-19)15(2)16-8-10-18(11-9-16)20-17-6-4-3-5-7-17/h3-11,14-15H,12-13,19H2,1-2H3. The van der Waals surface area contributed by atoms with E-state index in [9.17, 15) is 0 Å². The van der Waals surface area contributed by atoms with Gasteiger partial charge in [0.2, 0.25) is 0 Å². The molecule has 2 heteroatoms. The Morgan fingerprint density at radius 3 is 2.10 bits per heavy atom. The first-order valence-corrected chi connectivity index (χ1v) is 7.23. The highest BCUT2D eigenvalue weighted by Gasteiger charge is 2.13. The summed E-state index contributed by atoms with van der Waals surface area (Å²) in [6.07, 6.45) is 1.06. The van der Waals surface area contributed by atoms with Crippen LogP contribution in [0, 0.1) is 5.92 Å². The van der Waals surface area contributed by atoms with Crippen molar-refractivity contribution >= 4 is 0 Å². The number of hydrogen-bond donors (Lipinski definition) is 1. The molecule has 0 aromatic heterocycles. The third-order valence-corrected chi connectivity index (χ3v) is 3.86. The molecule has 2 unspecified atom stereocenters. The van der Waals surface area contributed by atoms with Crippen LogP contribution < -0.4 is 10.5 Å². The predicted octanol–water partition coefficient (Wildman–Crippen LogP) is 4.57. The van der Waals surface area contributed by atoms with Crippen molar-refractivity contribution in [1.29, 1.82) is 0 Å². The van der Waals surface area contributed by atoms with Gasteiger partial charge in [-0.1, -0.05) is 44.2 Å². The zero-order valence-electron chi connectivity index (χ0n) is 12.3. The number of ether oxygens (including phenoxy) is 1. The van der Waals surface area contributed by atoms with Crippen molar-refractivity contribution < 1.29 is 4.74 Å². The van der Waals surface area contributed by atoms with Crippen LogP contribution in [0.4, 0.5) is 0 Å². The Morgan fingerprint density at radius 2 is 1.50 bits per heavy atom. The van der Waals surface area contributed by atoms with Gasteiger partial charge in [-0.25, -0.2) is 0 Å². The lowest BCUT2D eigenvalue weighted by Crippen LogP contribution is -2.11. The van der Waals surface area contributed by atoms with Crippen LogP contribution in [0.2, 0.25) is 0 Å². The van der Waals surface area contributed by atoms with Crippen molar-refractivity contribution in [3.63, 3.8) is 0 Å². The first kappa shape index (κ1) is 14.6. The molecule has 2 nitrogen and oxygen atoms in total. The molecule has 2 aromatic carbocycles. The molecule has 0 saturated heterocycles. The average molecular weight is 269 g/mol. The van der Waals surface area contributed by atoms with Crippen LogP contribution in [-0.2, 0) is 0 Å². The summed E-state index contributed by atoms with van der Waals surface area (Å²) in [6, 6.07) is 18.2. The van der Waals surface area contributed by atoms with Gasteiger partial charge in [-0.15, -0.1) is 0 Å². The van der Waals surface area contributed by atoms with Crippen molar-refractivity contribution in [1.82, 2.24) is 0 Å². The largest absolute Gasteiger partial charge is 0.457 e. The van der Waals surface area contributed by atoms with Crippen LogP contribution in [0.25, 0.3) is 0 Å². The van der Waals surface area contributed by atoms with Crippen molar-refractivity contribution in [3.8, 4) is 11.5 Å². The quantitative estimate of drug-likeness (QED) is 0.834. The Hall–Kier alpha value is -1.80. The highest BCUT2D eigenvalue weighted by Crippen LogP contribution is 2.28. The Balaban J connectivity index is 2.03. The second kappa shape index (κ2) is 7.11. The monoisotopic (exact) mass is 269 g/mol. The Morgan fingerprint density at radius 1 is 0.900 bits per heavy atom. The zero-order chi connectivity index (χ0) is 14.4. The van der Waals surface area contributed by atoms with E-state index in [1.807, 2.05) is 42.5 Å². The molecule has 0 aliphatic heterocycles. The number of benzene rings is 2. The molecule has 2 aromatic rings. The third-order valence-electron chi connectivity index (χ3n) is 3.86. The van der Waals surface area contributed by atoms with E-state index in [0.717, 1.165) is 24.5 Å². The lowest BCUT2D eigenvalue weighted by Gasteiger charge is -2.20. The number of rotatable bonds is 6. The van der Waals surface area contributed by atoms with Crippen LogP contribution >= 0.6 is 0 Å². The van der Waals surface area contributed by atoms with Crippen molar-refractivity contribution in [2.75, 3.05) is 6.54 Å². The summed E-state index contributed by atoms with van der Waals surface area (Å²) < 4.78 is 5.80. The highest BCUT2D eigenvalue weighted by atomic mass is 16.5. The van der Waals surface area contributed by atoms with Gasteiger partial charge in [-0.3, -0.25) is 0 Å². The van der Waals surface area contributed by atoms with Gasteiger partial charge in [0.25, 0.3) is 0 Å². The molecule has 2 atom stereocenters. The van der Waals surface area contributed by atoms with Crippen LogP contribution in [0.3, 0.4) is 0 Å². The van der Waals surface area contributed by atoms with Gasteiger partial charge >= 0.3 is 0 Å². The summed E-state index contributed by atoms with van der Waals surface area (Å²) in [4.78, 5) is 0. The van der Waals surface area contributed by atoms with Gasteiger partial charge in [0, 0.05) is 0 Å².